The van der Waals surface area contributed by atoms with Crippen LogP contribution in [0.15, 0.2) is 42.0 Å². The molecule has 1 N–H and O–H groups in total. The first-order valence-corrected chi connectivity index (χ1v) is 4.87. The summed E-state index contributed by atoms with van der Waals surface area (Å²) in [6.45, 7) is 2.04. The van der Waals surface area contributed by atoms with E-state index in [1.807, 2.05) is 25.1 Å². The molecule has 1 aliphatic carbocycles. The molecule has 0 bridgehead atoms. The zero-order chi connectivity index (χ0) is 10.8. The molecule has 0 atom stereocenters. The summed E-state index contributed by atoms with van der Waals surface area (Å²) in [5.41, 5.74) is 4.72. The molecule has 76 valence electrons. The molecule has 0 unspecified atom stereocenters. The van der Waals surface area contributed by atoms with E-state index in [4.69, 9.17) is 5.11 Å². The number of benzene rings is 1. The van der Waals surface area contributed by atoms with E-state index in [9.17, 15) is 4.79 Å². The van der Waals surface area contributed by atoms with Crippen molar-refractivity contribution in [2.45, 2.75) is 13.3 Å². The van der Waals surface area contributed by atoms with E-state index in [2.05, 4.69) is 6.07 Å². The van der Waals surface area contributed by atoms with Crippen molar-refractivity contribution in [3.8, 4) is 0 Å². The van der Waals surface area contributed by atoms with Gasteiger partial charge in [0, 0.05) is 6.08 Å². The van der Waals surface area contributed by atoms with Crippen LogP contribution >= 0.6 is 0 Å². The van der Waals surface area contributed by atoms with Gasteiger partial charge in [-0.05, 0) is 36.1 Å². The lowest BCUT2D eigenvalue weighted by atomic mass is 10.1. The van der Waals surface area contributed by atoms with Crippen molar-refractivity contribution in [3.63, 3.8) is 0 Å². The average molecular weight is 200 g/mol. The summed E-state index contributed by atoms with van der Waals surface area (Å²) in [4.78, 5) is 10.5. The second-order valence-electron chi connectivity index (χ2n) is 3.70. The largest absolute Gasteiger partial charge is 0.478 e. The minimum Gasteiger partial charge on any atom is -0.478 e. The van der Waals surface area contributed by atoms with Gasteiger partial charge >= 0.3 is 5.97 Å². The Morgan fingerprint density at radius 3 is 2.87 bits per heavy atom. The Hall–Kier alpha value is -1.83. The zero-order valence-electron chi connectivity index (χ0n) is 8.53. The van der Waals surface area contributed by atoms with Crippen LogP contribution in [0.5, 0.6) is 0 Å². The fourth-order valence-electron chi connectivity index (χ4n) is 1.93. The van der Waals surface area contributed by atoms with E-state index < -0.39 is 5.97 Å². The summed E-state index contributed by atoms with van der Waals surface area (Å²) in [6.07, 6.45) is 3.81. The third-order valence-electron chi connectivity index (χ3n) is 2.62. The Bertz CT molecular complexity index is 467. The monoisotopic (exact) mass is 200 g/mol. The van der Waals surface area contributed by atoms with Crippen molar-refractivity contribution in [2.24, 2.45) is 0 Å². The predicted octanol–water partition coefficient (Wildman–Crippen LogP) is 2.66. The first-order chi connectivity index (χ1) is 7.18. The summed E-state index contributed by atoms with van der Waals surface area (Å²) in [5, 5.41) is 8.60. The molecule has 1 aromatic rings. The number of rotatable bonds is 2. The van der Waals surface area contributed by atoms with Crippen LogP contribution < -0.4 is 0 Å². The summed E-state index contributed by atoms with van der Waals surface area (Å²) in [7, 11) is 0. The molecule has 1 aromatic carbocycles. The molecule has 0 amide bonds. The topological polar surface area (TPSA) is 37.3 Å². The van der Waals surface area contributed by atoms with Crippen LogP contribution in [0.25, 0.3) is 5.57 Å². The lowest BCUT2D eigenvalue weighted by molar-refractivity contribution is -0.131. The van der Waals surface area contributed by atoms with Crippen molar-refractivity contribution >= 4 is 11.5 Å². The second kappa shape index (κ2) is 3.73. The van der Waals surface area contributed by atoms with E-state index in [-0.39, 0.29) is 0 Å². The minimum absolute atomic E-state index is 0.903. The Morgan fingerprint density at radius 2 is 2.13 bits per heavy atom. The zero-order valence-corrected chi connectivity index (χ0v) is 8.53. The normalized spacial score (nSPS) is 14.7. The summed E-state index contributed by atoms with van der Waals surface area (Å²) in [5.74, 6) is -0.903. The number of aliphatic carboxylic acids is 1. The third kappa shape index (κ3) is 1.84. The molecule has 0 aromatic heterocycles. The molecular weight excluding hydrogens is 188 g/mol. The van der Waals surface area contributed by atoms with E-state index in [1.54, 1.807) is 6.08 Å². The van der Waals surface area contributed by atoms with Crippen LogP contribution in [0.4, 0.5) is 0 Å². The number of fused-ring (bicyclic) bond motifs is 1. The van der Waals surface area contributed by atoms with Crippen molar-refractivity contribution in [3.05, 3.63) is 53.1 Å². The second-order valence-corrected chi connectivity index (χ2v) is 3.70. The van der Waals surface area contributed by atoms with Crippen molar-refractivity contribution < 1.29 is 9.90 Å². The van der Waals surface area contributed by atoms with Crippen LogP contribution in [0, 0.1) is 0 Å². The Balaban J connectivity index is 2.40. The highest BCUT2D eigenvalue weighted by Crippen LogP contribution is 2.32. The number of allylic oxidation sites excluding steroid dienone is 3. The van der Waals surface area contributed by atoms with E-state index in [1.165, 1.54) is 17.2 Å². The fourth-order valence-corrected chi connectivity index (χ4v) is 1.93. The van der Waals surface area contributed by atoms with Gasteiger partial charge in [-0.1, -0.05) is 29.8 Å². The molecule has 0 spiro atoms. The van der Waals surface area contributed by atoms with Gasteiger partial charge in [0.1, 0.15) is 0 Å². The van der Waals surface area contributed by atoms with E-state index in [0.717, 1.165) is 17.6 Å². The molecule has 0 heterocycles. The summed E-state index contributed by atoms with van der Waals surface area (Å²) < 4.78 is 0. The molecule has 1 aliphatic rings. The molecule has 2 nitrogen and oxygen atoms in total. The van der Waals surface area contributed by atoms with Crippen LogP contribution in [-0.2, 0) is 11.2 Å². The van der Waals surface area contributed by atoms with Crippen LogP contribution in [-0.4, -0.2) is 11.1 Å². The Kier molecular flexibility index (Phi) is 2.42. The van der Waals surface area contributed by atoms with Crippen LogP contribution in [0.1, 0.15) is 18.1 Å². The Morgan fingerprint density at radius 1 is 1.40 bits per heavy atom. The maximum absolute atomic E-state index is 10.5. The van der Waals surface area contributed by atoms with Crippen molar-refractivity contribution in [1.29, 1.82) is 0 Å². The standard InChI is InChI=1S/C13H12O2/c1-9-8-10-4-2-3-5-12(10)11(9)6-7-13(14)15/h2-7H,8H2,1H3,(H,14,15). The number of hydrogen-bond acceptors (Lipinski definition) is 1. The maximum Gasteiger partial charge on any atom is 0.328 e. The van der Waals surface area contributed by atoms with Crippen molar-refractivity contribution in [2.75, 3.05) is 0 Å². The molecule has 0 saturated heterocycles. The molecule has 2 rings (SSSR count). The Labute approximate surface area is 88.6 Å². The maximum atomic E-state index is 10.5. The highest BCUT2D eigenvalue weighted by atomic mass is 16.4. The molecule has 0 radical (unpaired) electrons. The van der Waals surface area contributed by atoms with E-state index >= 15 is 0 Å². The number of carbonyl (C=O) groups is 1. The SMILES string of the molecule is CC1=C(C=CC(=O)O)c2ccccc2C1. The van der Waals surface area contributed by atoms with Gasteiger partial charge in [0.15, 0.2) is 0 Å². The summed E-state index contributed by atoms with van der Waals surface area (Å²) >= 11 is 0. The molecule has 0 saturated carbocycles. The molecule has 0 fully saturated rings. The van der Waals surface area contributed by atoms with Gasteiger partial charge < -0.3 is 5.11 Å². The highest BCUT2D eigenvalue weighted by Gasteiger charge is 2.15. The quantitative estimate of drug-likeness (QED) is 0.745. The van der Waals surface area contributed by atoms with Gasteiger partial charge in [-0.2, -0.15) is 0 Å². The number of hydrogen-bond donors (Lipinski definition) is 1. The van der Waals surface area contributed by atoms with Crippen LogP contribution in [0.2, 0.25) is 0 Å². The van der Waals surface area contributed by atoms with Crippen molar-refractivity contribution in [1.82, 2.24) is 0 Å². The van der Waals surface area contributed by atoms with Crippen LogP contribution in [0.3, 0.4) is 0 Å². The molecule has 2 heteroatoms. The molecule has 0 aliphatic heterocycles. The summed E-state index contributed by atoms with van der Waals surface area (Å²) in [6, 6.07) is 8.11. The lowest BCUT2D eigenvalue weighted by Gasteiger charge is -1.99. The lowest BCUT2D eigenvalue weighted by Crippen LogP contribution is -1.87. The first kappa shape index (κ1) is 9.71. The predicted molar refractivity (Wildman–Crippen MR) is 59.5 cm³/mol. The number of carboxylic acids is 1. The minimum atomic E-state index is -0.903. The third-order valence-corrected chi connectivity index (χ3v) is 2.62. The van der Waals surface area contributed by atoms with Gasteiger partial charge in [0.2, 0.25) is 0 Å². The van der Waals surface area contributed by atoms with Gasteiger partial charge in [-0.15, -0.1) is 0 Å². The average Bonchev–Trinajstić information content (AvgIpc) is 2.50. The molecular formula is C13H12O2. The number of carboxylic acid groups (broad SMARTS) is 1. The fraction of sp³-hybridized carbons (Fsp3) is 0.154. The highest BCUT2D eigenvalue weighted by molar-refractivity contribution is 5.89. The van der Waals surface area contributed by atoms with Gasteiger partial charge in [0.25, 0.3) is 0 Å². The van der Waals surface area contributed by atoms with Gasteiger partial charge in [-0.25, -0.2) is 4.79 Å². The van der Waals surface area contributed by atoms with E-state index in [0.29, 0.717) is 0 Å². The first-order valence-electron chi connectivity index (χ1n) is 4.87. The molecule has 15 heavy (non-hydrogen) atoms. The van der Waals surface area contributed by atoms with Gasteiger partial charge in [-0.3, -0.25) is 0 Å². The smallest absolute Gasteiger partial charge is 0.328 e. The van der Waals surface area contributed by atoms with Gasteiger partial charge in [0.05, 0.1) is 0 Å².